The fourth-order valence-electron chi connectivity index (χ4n) is 3.03. The second-order valence-corrected chi connectivity index (χ2v) is 9.37. The van der Waals surface area contributed by atoms with Crippen molar-refractivity contribution in [2.75, 3.05) is 37.4 Å². The lowest BCUT2D eigenvalue weighted by Crippen LogP contribution is -2.31. The van der Waals surface area contributed by atoms with Gasteiger partial charge in [0.15, 0.2) is 5.16 Å². The van der Waals surface area contributed by atoms with Crippen LogP contribution < -0.4 is 5.32 Å². The molecule has 2 aromatic rings. The lowest BCUT2D eigenvalue weighted by atomic mass is 9.94. The van der Waals surface area contributed by atoms with E-state index >= 15 is 0 Å². The summed E-state index contributed by atoms with van der Waals surface area (Å²) in [7, 11) is 0. The average Bonchev–Trinajstić information content (AvgIpc) is 2.98. The van der Waals surface area contributed by atoms with Gasteiger partial charge in [-0.05, 0) is 25.8 Å². The molecule has 8 heteroatoms. The van der Waals surface area contributed by atoms with E-state index in [9.17, 15) is 0 Å². The van der Waals surface area contributed by atoms with E-state index in [1.54, 1.807) is 23.1 Å². The van der Waals surface area contributed by atoms with Gasteiger partial charge in [-0.15, -0.1) is 11.3 Å². The van der Waals surface area contributed by atoms with Crippen LogP contribution in [0.5, 0.6) is 0 Å². The molecule has 2 aromatic heterocycles. The number of ether oxygens (including phenoxy) is 2. The molecule has 3 heterocycles. The normalized spacial score (nSPS) is 15.9. The Morgan fingerprint density at radius 1 is 1.33 bits per heavy atom. The van der Waals surface area contributed by atoms with E-state index in [4.69, 9.17) is 24.5 Å². The molecule has 0 atom stereocenters. The molecular formula is C19H29N3O3S2. The summed E-state index contributed by atoms with van der Waals surface area (Å²) in [5.41, 5.74) is 1.15. The fourth-order valence-corrected chi connectivity index (χ4v) is 5.12. The molecule has 0 spiro atoms. The van der Waals surface area contributed by atoms with E-state index in [0.29, 0.717) is 26.4 Å². The zero-order valence-corrected chi connectivity index (χ0v) is 18.0. The molecule has 0 fully saturated rings. The lowest BCUT2D eigenvalue weighted by molar-refractivity contribution is -0.0379. The van der Waals surface area contributed by atoms with Crippen LogP contribution in [0.3, 0.4) is 0 Å². The van der Waals surface area contributed by atoms with E-state index in [1.165, 1.54) is 16.9 Å². The van der Waals surface area contributed by atoms with Gasteiger partial charge >= 0.3 is 0 Å². The van der Waals surface area contributed by atoms with E-state index in [0.717, 1.165) is 39.8 Å². The Morgan fingerprint density at radius 2 is 2.19 bits per heavy atom. The van der Waals surface area contributed by atoms with Gasteiger partial charge in [-0.2, -0.15) is 0 Å². The van der Waals surface area contributed by atoms with Crippen LogP contribution in [0.15, 0.2) is 5.16 Å². The van der Waals surface area contributed by atoms with Gasteiger partial charge < -0.3 is 19.9 Å². The quantitative estimate of drug-likeness (QED) is 0.349. The molecule has 27 heavy (non-hydrogen) atoms. The Bertz CT molecular complexity index is 764. The van der Waals surface area contributed by atoms with Crippen LogP contribution in [0.4, 0.5) is 5.82 Å². The van der Waals surface area contributed by atoms with Gasteiger partial charge in [0.05, 0.1) is 37.4 Å². The van der Waals surface area contributed by atoms with Gasteiger partial charge in [-0.3, -0.25) is 0 Å². The SMILES string of the molecule is CCCCSc1nc(NCCOCCO)c2c3c(sc2n1)COC(C)(C)C3. The number of hydrogen-bond donors (Lipinski definition) is 2. The van der Waals surface area contributed by atoms with Crippen LogP contribution in [0.2, 0.25) is 0 Å². The summed E-state index contributed by atoms with van der Waals surface area (Å²) in [4.78, 5) is 11.9. The molecule has 0 bridgehead atoms. The number of nitrogens with zero attached hydrogens (tertiary/aromatic N) is 2. The summed E-state index contributed by atoms with van der Waals surface area (Å²) in [5.74, 6) is 1.92. The Labute approximate surface area is 169 Å². The van der Waals surface area contributed by atoms with Crippen LogP contribution >= 0.6 is 23.1 Å². The zero-order valence-electron chi connectivity index (χ0n) is 16.3. The number of aromatic nitrogens is 2. The molecule has 1 aliphatic rings. The average molecular weight is 412 g/mol. The molecule has 150 valence electrons. The molecule has 0 radical (unpaired) electrons. The van der Waals surface area contributed by atoms with Crippen molar-refractivity contribution in [1.82, 2.24) is 9.97 Å². The van der Waals surface area contributed by atoms with Crippen LogP contribution in [-0.2, 0) is 22.5 Å². The summed E-state index contributed by atoms with van der Waals surface area (Å²) in [6.07, 6.45) is 3.19. The number of thioether (sulfide) groups is 1. The van der Waals surface area contributed by atoms with Crippen molar-refractivity contribution in [2.24, 2.45) is 0 Å². The van der Waals surface area contributed by atoms with Crippen molar-refractivity contribution in [2.45, 2.75) is 57.4 Å². The van der Waals surface area contributed by atoms with E-state index in [1.807, 2.05) is 0 Å². The van der Waals surface area contributed by atoms with Gasteiger partial charge in [0.1, 0.15) is 10.6 Å². The van der Waals surface area contributed by atoms with Gasteiger partial charge in [0.25, 0.3) is 0 Å². The Balaban J connectivity index is 1.88. The van der Waals surface area contributed by atoms with E-state index in [-0.39, 0.29) is 12.2 Å². The highest BCUT2D eigenvalue weighted by atomic mass is 32.2. The van der Waals surface area contributed by atoms with Gasteiger partial charge in [-0.25, -0.2) is 9.97 Å². The maximum absolute atomic E-state index is 8.84. The summed E-state index contributed by atoms with van der Waals surface area (Å²) in [6, 6.07) is 0. The Kier molecular flexibility index (Phi) is 7.33. The molecular weight excluding hydrogens is 382 g/mol. The van der Waals surface area contributed by atoms with Crippen molar-refractivity contribution < 1.29 is 14.6 Å². The molecule has 6 nitrogen and oxygen atoms in total. The van der Waals surface area contributed by atoms with Crippen molar-refractivity contribution in [3.63, 3.8) is 0 Å². The molecule has 0 saturated carbocycles. The largest absolute Gasteiger partial charge is 0.394 e. The minimum absolute atomic E-state index is 0.0447. The van der Waals surface area contributed by atoms with Gasteiger partial charge in [0, 0.05) is 23.6 Å². The number of aliphatic hydroxyl groups is 1. The maximum atomic E-state index is 8.84. The minimum Gasteiger partial charge on any atom is -0.394 e. The first-order chi connectivity index (χ1) is 13.0. The summed E-state index contributed by atoms with van der Waals surface area (Å²) >= 11 is 3.44. The molecule has 0 saturated heterocycles. The number of unbranched alkanes of at least 4 members (excludes halogenated alkanes) is 1. The van der Waals surface area contributed by atoms with Crippen LogP contribution in [0.1, 0.15) is 44.1 Å². The van der Waals surface area contributed by atoms with Gasteiger partial charge in [-0.1, -0.05) is 25.1 Å². The lowest BCUT2D eigenvalue weighted by Gasteiger charge is -2.30. The summed E-state index contributed by atoms with van der Waals surface area (Å²) in [5, 5.41) is 14.2. The summed E-state index contributed by atoms with van der Waals surface area (Å²) in [6.45, 7) is 8.68. The van der Waals surface area contributed by atoms with Crippen LogP contribution in [-0.4, -0.2) is 52.8 Å². The highest BCUT2D eigenvalue weighted by Crippen LogP contribution is 2.41. The molecule has 0 unspecified atom stereocenters. The van der Waals surface area contributed by atoms with Crippen molar-refractivity contribution in [3.8, 4) is 0 Å². The second kappa shape index (κ2) is 9.52. The number of fused-ring (bicyclic) bond motifs is 3. The molecule has 0 aliphatic carbocycles. The number of hydrogen-bond acceptors (Lipinski definition) is 8. The summed E-state index contributed by atoms with van der Waals surface area (Å²) < 4.78 is 11.4. The topological polar surface area (TPSA) is 76.5 Å². The standard InChI is InChI=1S/C19H29N3O3S2/c1-4-5-10-26-18-21-16(20-6-8-24-9-7-23)15-13-11-19(2,3)25-12-14(13)27-17(15)22-18/h23H,4-12H2,1-3H3,(H,20,21,22). The Morgan fingerprint density at radius 3 is 2.96 bits per heavy atom. The highest BCUT2D eigenvalue weighted by Gasteiger charge is 2.31. The highest BCUT2D eigenvalue weighted by molar-refractivity contribution is 7.99. The predicted molar refractivity (Wildman–Crippen MR) is 112 cm³/mol. The third-order valence-electron chi connectivity index (χ3n) is 4.41. The first kappa shape index (κ1) is 20.8. The molecule has 2 N–H and O–H groups in total. The smallest absolute Gasteiger partial charge is 0.190 e. The maximum Gasteiger partial charge on any atom is 0.190 e. The molecule has 3 rings (SSSR count). The molecule has 0 aromatic carbocycles. The molecule has 0 amide bonds. The van der Waals surface area contributed by atoms with Crippen LogP contribution in [0.25, 0.3) is 10.2 Å². The number of thiophene rings is 1. The third kappa shape index (κ3) is 5.32. The number of aliphatic hydroxyl groups excluding tert-OH is 1. The number of nitrogens with one attached hydrogen (secondary N) is 1. The second-order valence-electron chi connectivity index (χ2n) is 7.23. The minimum atomic E-state index is -0.170. The first-order valence-corrected chi connectivity index (χ1v) is 11.4. The van der Waals surface area contributed by atoms with E-state index in [2.05, 4.69) is 26.1 Å². The monoisotopic (exact) mass is 411 g/mol. The third-order valence-corrected chi connectivity index (χ3v) is 6.45. The van der Waals surface area contributed by atoms with Gasteiger partial charge in [0.2, 0.25) is 0 Å². The number of anilines is 1. The van der Waals surface area contributed by atoms with Crippen LogP contribution in [0, 0.1) is 0 Å². The Hall–Kier alpha value is -0.930. The van der Waals surface area contributed by atoms with E-state index < -0.39 is 0 Å². The molecule has 1 aliphatic heterocycles. The van der Waals surface area contributed by atoms with Crippen molar-refractivity contribution in [1.29, 1.82) is 0 Å². The number of rotatable bonds is 10. The first-order valence-electron chi connectivity index (χ1n) is 9.55. The van der Waals surface area contributed by atoms with Crippen molar-refractivity contribution in [3.05, 3.63) is 10.4 Å². The zero-order chi connectivity index (χ0) is 19.3. The fraction of sp³-hybridized carbons (Fsp3) is 0.684. The predicted octanol–water partition coefficient (Wildman–Crippen LogP) is 3.86. The van der Waals surface area contributed by atoms with Crippen molar-refractivity contribution >= 4 is 39.1 Å².